The smallest absolute Gasteiger partial charge is 0.311 e. The average molecular weight is 600 g/mol. The molecule has 2 saturated heterocycles. The van der Waals surface area contributed by atoms with Gasteiger partial charge in [0.2, 0.25) is 11.8 Å². The van der Waals surface area contributed by atoms with Crippen LogP contribution in [0.15, 0.2) is 78.9 Å². The third-order valence-electron chi connectivity index (χ3n) is 9.18. The molecule has 4 aliphatic heterocycles. The molecule has 1 spiro atoms. The summed E-state index contributed by atoms with van der Waals surface area (Å²) >= 11 is 1.50. The first-order valence-corrected chi connectivity index (χ1v) is 15.4. The van der Waals surface area contributed by atoms with E-state index in [-0.39, 0.29) is 31.7 Å². The number of cyclic esters (lactones) is 1. The molecule has 11 heteroatoms. The highest BCUT2D eigenvalue weighted by atomic mass is 32.2. The summed E-state index contributed by atoms with van der Waals surface area (Å²) in [5, 5.41) is 19.3. The van der Waals surface area contributed by atoms with Gasteiger partial charge in [0.15, 0.2) is 0 Å². The van der Waals surface area contributed by atoms with Gasteiger partial charge in [-0.2, -0.15) is 0 Å². The summed E-state index contributed by atoms with van der Waals surface area (Å²) < 4.78 is 5.54. The Hall–Kier alpha value is -3.96. The van der Waals surface area contributed by atoms with Gasteiger partial charge in [-0.05, 0) is 37.5 Å². The van der Waals surface area contributed by atoms with Crippen LogP contribution in [0.5, 0.6) is 0 Å². The second-order valence-corrected chi connectivity index (χ2v) is 13.6. The fourth-order valence-electron chi connectivity index (χ4n) is 7.32. The van der Waals surface area contributed by atoms with Crippen LogP contribution in [0.4, 0.5) is 0 Å². The zero-order valence-corrected chi connectivity index (χ0v) is 24.6. The second kappa shape index (κ2) is 10.6. The standard InChI is InChI=1S/C32H33N5O5S/c1-31-14-7-8-17-42-30(41)26(31)25-28(39)37(22(19-38)18-21-10-3-2-4-11-21)27-29(40)35(16-9-15-32(25,27)43-31)20-36-24-13-6-5-12-23(24)33-34-36/h2-7,9-15,22,25-27,38H,8,16-20H2,1H3/t22-,25+,26+,27?,31-,32+/m1/s1. The van der Waals surface area contributed by atoms with Gasteiger partial charge in [-0.3, -0.25) is 14.4 Å². The maximum absolute atomic E-state index is 14.8. The number of ether oxygens (including phenoxy) is 1. The van der Waals surface area contributed by atoms with E-state index >= 15 is 0 Å². The number of thioether (sulfide) groups is 1. The van der Waals surface area contributed by atoms with Crippen molar-refractivity contribution in [1.82, 2.24) is 24.8 Å². The molecule has 6 atom stereocenters. The van der Waals surface area contributed by atoms with Gasteiger partial charge in [-0.15, -0.1) is 16.9 Å². The molecule has 222 valence electrons. The molecule has 7 rings (SSSR count). The predicted octanol–water partition coefficient (Wildman–Crippen LogP) is 2.58. The number of nitrogens with zero attached hydrogens (tertiary/aromatic N) is 5. The molecule has 0 saturated carbocycles. The lowest BCUT2D eigenvalue weighted by Crippen LogP contribution is -2.57. The van der Waals surface area contributed by atoms with Crippen molar-refractivity contribution in [3.05, 3.63) is 84.5 Å². The van der Waals surface area contributed by atoms with Crippen LogP contribution in [0.1, 0.15) is 18.9 Å². The van der Waals surface area contributed by atoms with Gasteiger partial charge in [-0.25, -0.2) is 4.68 Å². The SMILES string of the molecule is C[C@@]12C=CCCOC(=O)[C@@H]1[C@H]1C(=O)N([C@@H](CO)Cc3ccccc3)C3C(=O)N(Cn4nnc5ccccc54)CC=C[C@@]31S2. The van der Waals surface area contributed by atoms with Crippen LogP contribution < -0.4 is 0 Å². The molecule has 10 nitrogen and oxygen atoms in total. The van der Waals surface area contributed by atoms with Gasteiger partial charge in [0.25, 0.3) is 0 Å². The lowest BCUT2D eigenvalue weighted by Gasteiger charge is -2.40. The molecule has 0 bridgehead atoms. The van der Waals surface area contributed by atoms with E-state index in [2.05, 4.69) is 10.3 Å². The Kier molecular flexibility index (Phi) is 6.89. The van der Waals surface area contributed by atoms with Crippen LogP contribution in [0.2, 0.25) is 0 Å². The first-order valence-electron chi connectivity index (χ1n) is 14.6. The van der Waals surface area contributed by atoms with Crippen LogP contribution in [-0.4, -0.2) is 89.0 Å². The van der Waals surface area contributed by atoms with E-state index in [1.165, 1.54) is 11.8 Å². The van der Waals surface area contributed by atoms with Crippen molar-refractivity contribution in [3.63, 3.8) is 0 Å². The normalized spacial score (nSPS) is 30.8. The highest BCUT2D eigenvalue weighted by Gasteiger charge is 2.74. The van der Waals surface area contributed by atoms with E-state index in [0.717, 1.165) is 16.6 Å². The Morgan fingerprint density at radius 2 is 1.81 bits per heavy atom. The molecule has 1 N–H and O–H groups in total. The summed E-state index contributed by atoms with van der Waals surface area (Å²) in [6.45, 7) is 2.31. The summed E-state index contributed by atoms with van der Waals surface area (Å²) in [6.07, 6.45) is 8.86. The summed E-state index contributed by atoms with van der Waals surface area (Å²) in [4.78, 5) is 46.3. The third kappa shape index (κ3) is 4.39. The first-order chi connectivity index (χ1) is 20.9. The zero-order valence-electron chi connectivity index (χ0n) is 23.8. The molecule has 3 aromatic rings. The minimum absolute atomic E-state index is 0.138. The van der Waals surface area contributed by atoms with Gasteiger partial charge < -0.3 is 19.6 Å². The topological polar surface area (TPSA) is 118 Å². The van der Waals surface area contributed by atoms with Crippen LogP contribution in [0.25, 0.3) is 11.0 Å². The van der Waals surface area contributed by atoms with Crippen LogP contribution >= 0.6 is 11.8 Å². The van der Waals surface area contributed by atoms with Gasteiger partial charge in [0.1, 0.15) is 18.2 Å². The number of para-hydroxylation sites is 1. The van der Waals surface area contributed by atoms with Crippen molar-refractivity contribution >= 4 is 40.6 Å². The number of aliphatic hydroxyl groups excluding tert-OH is 1. The van der Waals surface area contributed by atoms with Crippen LogP contribution in [0, 0.1) is 11.8 Å². The van der Waals surface area contributed by atoms with E-state index in [1.807, 2.05) is 85.8 Å². The Labute approximate surface area is 253 Å². The molecule has 2 fully saturated rings. The highest BCUT2D eigenvalue weighted by molar-refractivity contribution is 8.02. The maximum Gasteiger partial charge on any atom is 0.311 e. The number of fused-ring (bicyclic) bond motifs is 3. The minimum Gasteiger partial charge on any atom is -0.465 e. The van der Waals surface area contributed by atoms with Crippen molar-refractivity contribution in [1.29, 1.82) is 0 Å². The molecule has 0 radical (unpaired) electrons. The number of aliphatic hydroxyl groups is 1. The number of hydrogen-bond acceptors (Lipinski definition) is 8. The molecule has 0 aliphatic carbocycles. The van der Waals surface area contributed by atoms with Crippen molar-refractivity contribution in [2.24, 2.45) is 11.8 Å². The van der Waals surface area contributed by atoms with E-state index in [0.29, 0.717) is 19.4 Å². The first kappa shape index (κ1) is 27.8. The molecule has 43 heavy (non-hydrogen) atoms. The molecular formula is C32H33N5O5S. The Morgan fingerprint density at radius 3 is 2.63 bits per heavy atom. The number of aromatic nitrogens is 3. The summed E-state index contributed by atoms with van der Waals surface area (Å²) in [6, 6.07) is 15.6. The van der Waals surface area contributed by atoms with Gasteiger partial charge in [0, 0.05) is 11.3 Å². The van der Waals surface area contributed by atoms with Crippen molar-refractivity contribution < 1.29 is 24.2 Å². The van der Waals surface area contributed by atoms with E-state index in [1.54, 1.807) is 14.5 Å². The second-order valence-electron chi connectivity index (χ2n) is 11.8. The summed E-state index contributed by atoms with van der Waals surface area (Å²) in [5.74, 6) is -2.60. The van der Waals surface area contributed by atoms with Gasteiger partial charge >= 0.3 is 5.97 Å². The monoisotopic (exact) mass is 599 g/mol. The number of carbonyl (C=O) groups excluding carboxylic acids is 3. The number of rotatable bonds is 6. The molecular weight excluding hydrogens is 566 g/mol. The van der Waals surface area contributed by atoms with Gasteiger partial charge in [-0.1, -0.05) is 72.0 Å². The Bertz CT molecular complexity index is 1640. The lowest BCUT2D eigenvalue weighted by atomic mass is 9.74. The molecule has 2 amide bonds. The number of esters is 1. The number of carbonyl (C=O) groups is 3. The molecule has 4 aliphatic rings. The lowest BCUT2D eigenvalue weighted by molar-refractivity contribution is -0.154. The fourth-order valence-corrected chi connectivity index (χ4v) is 9.45. The zero-order chi connectivity index (χ0) is 29.8. The largest absolute Gasteiger partial charge is 0.465 e. The van der Waals surface area contributed by atoms with Crippen molar-refractivity contribution in [2.75, 3.05) is 19.8 Å². The molecule has 2 aromatic carbocycles. The molecule has 5 heterocycles. The van der Waals surface area contributed by atoms with E-state index < -0.39 is 39.4 Å². The molecule has 1 aromatic heterocycles. The quantitative estimate of drug-likeness (QED) is 0.340. The van der Waals surface area contributed by atoms with Crippen LogP contribution in [-0.2, 0) is 32.2 Å². The highest BCUT2D eigenvalue weighted by Crippen LogP contribution is 2.65. The Morgan fingerprint density at radius 1 is 1.02 bits per heavy atom. The maximum atomic E-state index is 14.8. The Balaban J connectivity index is 1.33. The third-order valence-corrected chi connectivity index (χ3v) is 11.0. The van der Waals surface area contributed by atoms with Crippen molar-refractivity contribution in [2.45, 2.75) is 48.0 Å². The summed E-state index contributed by atoms with van der Waals surface area (Å²) in [7, 11) is 0. The van der Waals surface area contributed by atoms with E-state index in [4.69, 9.17) is 4.74 Å². The summed E-state index contributed by atoms with van der Waals surface area (Å²) in [5.41, 5.74) is 2.45. The number of amides is 2. The average Bonchev–Trinajstić information content (AvgIpc) is 3.57. The minimum atomic E-state index is -1.04. The molecule has 1 unspecified atom stereocenters. The fraction of sp³-hybridized carbons (Fsp3) is 0.406. The number of likely N-dealkylation sites (tertiary alicyclic amines) is 1. The number of benzene rings is 2. The van der Waals surface area contributed by atoms with Gasteiger partial charge in [0.05, 0.1) is 41.4 Å². The van der Waals surface area contributed by atoms with Crippen LogP contribution in [0.3, 0.4) is 0 Å². The predicted molar refractivity (Wildman–Crippen MR) is 160 cm³/mol. The number of hydrogen-bond donors (Lipinski definition) is 1. The van der Waals surface area contributed by atoms with E-state index in [9.17, 15) is 19.5 Å². The van der Waals surface area contributed by atoms with Crippen molar-refractivity contribution in [3.8, 4) is 0 Å².